The maximum Gasteiger partial charge on any atom is 0.0571 e. The molecule has 0 bridgehead atoms. The van der Waals surface area contributed by atoms with E-state index in [-0.39, 0.29) is 0 Å². The normalized spacial score (nSPS) is 12.6. The zero-order valence-corrected chi connectivity index (χ0v) is 12.3. The van der Waals surface area contributed by atoms with Crippen molar-refractivity contribution in [1.82, 2.24) is 15.1 Å². The standard InChI is InChI=1S/C16H23N3/c1-5-10-19-13(3)16(11-18-19)15-8-6-14(7-9-15)12(2)17-4/h6-9,11-12,17H,5,10H2,1-4H3. The first-order valence-corrected chi connectivity index (χ1v) is 6.97. The van der Waals surface area contributed by atoms with Gasteiger partial charge in [0.2, 0.25) is 0 Å². The van der Waals surface area contributed by atoms with E-state index in [1.54, 1.807) is 0 Å². The number of aryl methyl sites for hydroxylation is 1. The van der Waals surface area contributed by atoms with Crippen molar-refractivity contribution in [3.8, 4) is 11.1 Å². The molecule has 0 radical (unpaired) electrons. The lowest BCUT2D eigenvalue weighted by atomic mass is 10.0. The predicted octanol–water partition coefficient (Wildman–Crippen LogP) is 3.55. The molecule has 0 amide bonds. The Hall–Kier alpha value is -1.61. The van der Waals surface area contributed by atoms with Gasteiger partial charge in [0.15, 0.2) is 0 Å². The fourth-order valence-electron chi connectivity index (χ4n) is 2.29. The number of aromatic nitrogens is 2. The predicted molar refractivity (Wildman–Crippen MR) is 80.2 cm³/mol. The smallest absolute Gasteiger partial charge is 0.0571 e. The van der Waals surface area contributed by atoms with E-state index in [1.807, 2.05) is 13.2 Å². The molecule has 0 aliphatic heterocycles. The van der Waals surface area contributed by atoms with E-state index in [2.05, 4.69) is 60.1 Å². The summed E-state index contributed by atoms with van der Waals surface area (Å²) in [5, 5.41) is 7.72. The van der Waals surface area contributed by atoms with Crippen molar-refractivity contribution in [3.05, 3.63) is 41.7 Å². The summed E-state index contributed by atoms with van der Waals surface area (Å²) in [4.78, 5) is 0. The molecule has 3 heteroatoms. The lowest BCUT2D eigenvalue weighted by molar-refractivity contribution is 0.587. The maximum atomic E-state index is 4.46. The largest absolute Gasteiger partial charge is 0.313 e. The highest BCUT2D eigenvalue weighted by molar-refractivity contribution is 5.65. The van der Waals surface area contributed by atoms with E-state index in [4.69, 9.17) is 0 Å². The second kappa shape index (κ2) is 6.02. The van der Waals surface area contributed by atoms with E-state index < -0.39 is 0 Å². The van der Waals surface area contributed by atoms with Crippen LogP contribution in [0.15, 0.2) is 30.5 Å². The Kier molecular flexibility index (Phi) is 4.38. The van der Waals surface area contributed by atoms with Crippen LogP contribution >= 0.6 is 0 Å². The molecule has 0 saturated heterocycles. The van der Waals surface area contributed by atoms with Gasteiger partial charge < -0.3 is 5.32 Å². The molecule has 0 spiro atoms. The molecule has 0 saturated carbocycles. The van der Waals surface area contributed by atoms with Crippen LogP contribution in [0, 0.1) is 6.92 Å². The van der Waals surface area contributed by atoms with E-state index in [1.165, 1.54) is 22.4 Å². The molecule has 1 atom stereocenters. The van der Waals surface area contributed by atoms with Crippen LogP contribution < -0.4 is 5.32 Å². The van der Waals surface area contributed by atoms with E-state index in [9.17, 15) is 0 Å². The van der Waals surface area contributed by atoms with E-state index >= 15 is 0 Å². The second-order valence-electron chi connectivity index (χ2n) is 5.00. The van der Waals surface area contributed by atoms with Gasteiger partial charge in [-0.3, -0.25) is 4.68 Å². The molecule has 1 aromatic heterocycles. The minimum atomic E-state index is 0.387. The molecule has 2 aromatic rings. The van der Waals surface area contributed by atoms with Crippen molar-refractivity contribution in [2.45, 2.75) is 39.8 Å². The van der Waals surface area contributed by atoms with Crippen molar-refractivity contribution >= 4 is 0 Å². The van der Waals surface area contributed by atoms with Gasteiger partial charge in [0.1, 0.15) is 0 Å². The summed E-state index contributed by atoms with van der Waals surface area (Å²) in [5.41, 5.74) is 5.03. The van der Waals surface area contributed by atoms with Gasteiger partial charge in [-0.25, -0.2) is 0 Å². The summed E-state index contributed by atoms with van der Waals surface area (Å²) in [7, 11) is 1.98. The quantitative estimate of drug-likeness (QED) is 0.887. The van der Waals surface area contributed by atoms with Gasteiger partial charge in [-0.1, -0.05) is 31.2 Å². The molecule has 1 aromatic carbocycles. The number of benzene rings is 1. The highest BCUT2D eigenvalue weighted by atomic mass is 15.3. The minimum Gasteiger partial charge on any atom is -0.313 e. The maximum absolute atomic E-state index is 4.46. The third-order valence-electron chi connectivity index (χ3n) is 3.69. The first kappa shape index (κ1) is 13.8. The monoisotopic (exact) mass is 257 g/mol. The van der Waals surface area contributed by atoms with Crippen molar-refractivity contribution < 1.29 is 0 Å². The summed E-state index contributed by atoms with van der Waals surface area (Å²) in [6.45, 7) is 7.47. The number of nitrogens with zero attached hydrogens (tertiary/aromatic N) is 2. The van der Waals surface area contributed by atoms with Gasteiger partial charge >= 0.3 is 0 Å². The van der Waals surface area contributed by atoms with Crippen LogP contribution in [0.25, 0.3) is 11.1 Å². The van der Waals surface area contributed by atoms with Gasteiger partial charge in [-0.15, -0.1) is 0 Å². The van der Waals surface area contributed by atoms with Crippen molar-refractivity contribution in [2.24, 2.45) is 0 Å². The summed E-state index contributed by atoms with van der Waals surface area (Å²) < 4.78 is 2.08. The SMILES string of the molecule is CCCn1ncc(-c2ccc(C(C)NC)cc2)c1C. The lowest BCUT2D eigenvalue weighted by Crippen LogP contribution is -2.11. The van der Waals surface area contributed by atoms with Crippen LogP contribution in [-0.4, -0.2) is 16.8 Å². The minimum absolute atomic E-state index is 0.387. The zero-order valence-electron chi connectivity index (χ0n) is 12.3. The zero-order chi connectivity index (χ0) is 13.8. The molecule has 1 N–H and O–H groups in total. The molecule has 1 heterocycles. The van der Waals surface area contributed by atoms with Gasteiger partial charge in [0.25, 0.3) is 0 Å². The van der Waals surface area contributed by atoms with Crippen LogP contribution in [0.5, 0.6) is 0 Å². The molecule has 1 unspecified atom stereocenters. The Bertz CT molecular complexity index is 525. The molecular formula is C16H23N3. The topological polar surface area (TPSA) is 29.9 Å². The van der Waals surface area contributed by atoms with Crippen LogP contribution in [0.2, 0.25) is 0 Å². The fraction of sp³-hybridized carbons (Fsp3) is 0.438. The summed E-state index contributed by atoms with van der Waals surface area (Å²) in [6.07, 6.45) is 3.09. The molecule has 0 aliphatic rings. The van der Waals surface area contributed by atoms with Crippen molar-refractivity contribution in [3.63, 3.8) is 0 Å². The molecule has 3 nitrogen and oxygen atoms in total. The molecule has 2 rings (SSSR count). The molecule has 0 fully saturated rings. The van der Waals surface area contributed by atoms with Crippen LogP contribution in [0.4, 0.5) is 0 Å². The van der Waals surface area contributed by atoms with E-state index in [0.29, 0.717) is 6.04 Å². The van der Waals surface area contributed by atoms with Gasteiger partial charge in [0, 0.05) is 23.8 Å². The Labute approximate surface area is 115 Å². The Balaban J connectivity index is 2.27. The van der Waals surface area contributed by atoms with Gasteiger partial charge in [-0.05, 0) is 38.4 Å². The van der Waals surface area contributed by atoms with Gasteiger partial charge in [-0.2, -0.15) is 5.10 Å². The van der Waals surface area contributed by atoms with Gasteiger partial charge in [0.05, 0.1) is 6.20 Å². The fourth-order valence-corrected chi connectivity index (χ4v) is 2.29. The Morgan fingerprint density at radius 2 is 1.95 bits per heavy atom. The third-order valence-corrected chi connectivity index (χ3v) is 3.69. The first-order valence-electron chi connectivity index (χ1n) is 6.97. The highest BCUT2D eigenvalue weighted by Crippen LogP contribution is 2.24. The van der Waals surface area contributed by atoms with Crippen molar-refractivity contribution in [1.29, 1.82) is 0 Å². The Morgan fingerprint density at radius 1 is 1.26 bits per heavy atom. The average Bonchev–Trinajstić information content (AvgIpc) is 2.80. The number of nitrogens with one attached hydrogen (secondary N) is 1. The van der Waals surface area contributed by atoms with Crippen LogP contribution in [0.1, 0.15) is 37.6 Å². The molecule has 102 valence electrons. The first-order chi connectivity index (χ1) is 9.17. The molecule has 19 heavy (non-hydrogen) atoms. The summed E-state index contributed by atoms with van der Waals surface area (Å²) in [5.74, 6) is 0. The number of hydrogen-bond donors (Lipinski definition) is 1. The number of rotatable bonds is 5. The van der Waals surface area contributed by atoms with Crippen LogP contribution in [-0.2, 0) is 6.54 Å². The molecular weight excluding hydrogens is 234 g/mol. The summed E-state index contributed by atoms with van der Waals surface area (Å²) >= 11 is 0. The van der Waals surface area contributed by atoms with Crippen LogP contribution in [0.3, 0.4) is 0 Å². The lowest BCUT2D eigenvalue weighted by Gasteiger charge is -2.11. The Morgan fingerprint density at radius 3 is 2.53 bits per heavy atom. The third kappa shape index (κ3) is 2.87. The summed E-state index contributed by atoms with van der Waals surface area (Å²) in [6, 6.07) is 9.13. The average molecular weight is 257 g/mol. The van der Waals surface area contributed by atoms with Crippen molar-refractivity contribution in [2.75, 3.05) is 7.05 Å². The number of hydrogen-bond acceptors (Lipinski definition) is 2. The van der Waals surface area contributed by atoms with E-state index in [0.717, 1.165) is 13.0 Å². The molecule has 0 aliphatic carbocycles. The highest BCUT2D eigenvalue weighted by Gasteiger charge is 2.09. The second-order valence-corrected chi connectivity index (χ2v) is 5.00.